The molecule has 0 spiro atoms. The van der Waals surface area contributed by atoms with Crippen molar-refractivity contribution in [2.45, 2.75) is 38.3 Å². The van der Waals surface area contributed by atoms with Crippen molar-refractivity contribution >= 4 is 0 Å². The van der Waals surface area contributed by atoms with Crippen LogP contribution < -0.4 is 0 Å². The van der Waals surface area contributed by atoms with Gasteiger partial charge in [-0.05, 0) is 31.4 Å². The zero-order valence-electron chi connectivity index (χ0n) is 14.4. The van der Waals surface area contributed by atoms with Crippen molar-refractivity contribution < 1.29 is 0 Å². The van der Waals surface area contributed by atoms with Gasteiger partial charge >= 0.3 is 0 Å². The first-order valence-corrected chi connectivity index (χ1v) is 9.13. The average molecular weight is 332 g/mol. The Morgan fingerprint density at radius 2 is 1.72 bits per heavy atom. The second kappa shape index (κ2) is 7.62. The van der Waals surface area contributed by atoms with Crippen LogP contribution in [0, 0.1) is 0 Å². The lowest BCUT2D eigenvalue weighted by atomic mass is 9.95. The van der Waals surface area contributed by atoms with Gasteiger partial charge in [0.1, 0.15) is 5.82 Å². The normalized spacial score (nSPS) is 18.3. The number of piperidine rings is 1. The van der Waals surface area contributed by atoms with Crippen molar-refractivity contribution in [3.63, 3.8) is 0 Å². The fourth-order valence-corrected chi connectivity index (χ4v) is 3.66. The number of nitrogens with one attached hydrogen (secondary N) is 1. The largest absolute Gasteiger partial charge is 0.293 e. The molecule has 1 atom stereocenters. The Morgan fingerprint density at radius 1 is 0.960 bits per heavy atom. The molecule has 4 nitrogen and oxygen atoms in total. The number of likely N-dealkylation sites (tertiary alicyclic amines) is 1. The maximum atomic E-state index is 4.71. The molecule has 0 saturated carbocycles. The second-order valence-corrected chi connectivity index (χ2v) is 6.78. The Hall–Kier alpha value is -2.46. The van der Waals surface area contributed by atoms with E-state index in [1.54, 1.807) is 0 Å². The third-order valence-corrected chi connectivity index (χ3v) is 4.98. The zero-order valence-corrected chi connectivity index (χ0v) is 14.4. The summed E-state index contributed by atoms with van der Waals surface area (Å²) in [4.78, 5) is 7.27. The van der Waals surface area contributed by atoms with Gasteiger partial charge < -0.3 is 0 Å². The van der Waals surface area contributed by atoms with E-state index >= 15 is 0 Å². The van der Waals surface area contributed by atoms with E-state index in [1.807, 2.05) is 30.3 Å². The van der Waals surface area contributed by atoms with Crippen LogP contribution in [0.3, 0.4) is 0 Å². The molecule has 2 aromatic carbocycles. The monoisotopic (exact) mass is 332 g/mol. The van der Waals surface area contributed by atoms with Gasteiger partial charge in [0.25, 0.3) is 0 Å². The molecule has 1 aromatic heterocycles. The summed E-state index contributed by atoms with van der Waals surface area (Å²) in [6, 6.07) is 21.5. The molecule has 2 heterocycles. The van der Waals surface area contributed by atoms with Crippen LogP contribution in [-0.4, -0.2) is 32.7 Å². The highest BCUT2D eigenvalue weighted by molar-refractivity contribution is 5.53. The molecule has 25 heavy (non-hydrogen) atoms. The molecule has 1 aliphatic rings. The Bertz CT molecular complexity index is 782. The molecule has 0 bridgehead atoms. The third-order valence-electron chi connectivity index (χ3n) is 4.98. The number of aromatic amines is 1. The lowest BCUT2D eigenvalue weighted by molar-refractivity contribution is 0.136. The van der Waals surface area contributed by atoms with E-state index in [0.717, 1.165) is 36.7 Å². The van der Waals surface area contributed by atoms with Crippen LogP contribution in [0.5, 0.6) is 0 Å². The van der Waals surface area contributed by atoms with Gasteiger partial charge in [-0.15, -0.1) is 0 Å². The van der Waals surface area contributed by atoms with E-state index in [-0.39, 0.29) is 0 Å². The molecule has 3 aromatic rings. The maximum Gasteiger partial charge on any atom is 0.181 e. The molecule has 0 amide bonds. The summed E-state index contributed by atoms with van der Waals surface area (Å²) >= 11 is 0. The topological polar surface area (TPSA) is 44.8 Å². The Morgan fingerprint density at radius 3 is 2.52 bits per heavy atom. The molecule has 1 aliphatic heterocycles. The van der Waals surface area contributed by atoms with Crippen LogP contribution in [-0.2, 0) is 13.0 Å². The zero-order chi connectivity index (χ0) is 16.9. The number of H-pyrrole nitrogens is 1. The summed E-state index contributed by atoms with van der Waals surface area (Å²) in [5, 5.41) is 7.53. The molecule has 1 N–H and O–H groups in total. The Labute approximate surface area is 148 Å². The highest BCUT2D eigenvalue weighted by atomic mass is 15.3. The van der Waals surface area contributed by atoms with Crippen LogP contribution in [0.1, 0.15) is 30.7 Å². The number of nitrogens with zero attached hydrogens (tertiary/aromatic N) is 3. The van der Waals surface area contributed by atoms with Crippen molar-refractivity contribution in [2.75, 3.05) is 6.54 Å². The molecule has 1 unspecified atom stereocenters. The molecule has 4 heteroatoms. The van der Waals surface area contributed by atoms with Gasteiger partial charge in [-0.3, -0.25) is 10.00 Å². The number of hydrogen-bond acceptors (Lipinski definition) is 3. The van der Waals surface area contributed by atoms with Gasteiger partial charge in [-0.2, -0.15) is 5.10 Å². The molecular formula is C21H24N4. The van der Waals surface area contributed by atoms with Crippen molar-refractivity contribution in [1.82, 2.24) is 20.1 Å². The van der Waals surface area contributed by atoms with Crippen LogP contribution in [0.15, 0.2) is 60.7 Å². The summed E-state index contributed by atoms with van der Waals surface area (Å²) in [6.45, 7) is 1.98. The minimum atomic E-state index is 0.585. The van der Waals surface area contributed by atoms with Crippen LogP contribution in [0.2, 0.25) is 0 Å². The lowest BCUT2D eigenvalue weighted by Gasteiger charge is -2.35. The van der Waals surface area contributed by atoms with E-state index in [0.29, 0.717) is 6.04 Å². The van der Waals surface area contributed by atoms with E-state index < -0.39 is 0 Å². The number of rotatable bonds is 5. The average Bonchev–Trinajstić information content (AvgIpc) is 3.14. The van der Waals surface area contributed by atoms with Gasteiger partial charge in [-0.1, -0.05) is 67.1 Å². The molecule has 128 valence electrons. The van der Waals surface area contributed by atoms with Gasteiger partial charge in [0.05, 0.1) is 6.54 Å². The van der Waals surface area contributed by atoms with E-state index in [1.165, 1.54) is 24.8 Å². The molecule has 1 saturated heterocycles. The predicted octanol–water partition coefficient (Wildman–Crippen LogP) is 4.07. The van der Waals surface area contributed by atoms with Crippen molar-refractivity contribution in [3.05, 3.63) is 72.1 Å². The lowest BCUT2D eigenvalue weighted by Crippen LogP contribution is -2.40. The fourth-order valence-electron chi connectivity index (χ4n) is 3.66. The third kappa shape index (κ3) is 3.97. The fraction of sp³-hybridized carbons (Fsp3) is 0.333. The summed E-state index contributed by atoms with van der Waals surface area (Å²) in [5.74, 6) is 1.74. The van der Waals surface area contributed by atoms with E-state index in [2.05, 4.69) is 45.4 Å². The first-order chi connectivity index (χ1) is 12.4. The van der Waals surface area contributed by atoms with E-state index in [4.69, 9.17) is 4.98 Å². The number of aromatic nitrogens is 3. The van der Waals surface area contributed by atoms with Gasteiger partial charge in [-0.25, -0.2) is 4.98 Å². The van der Waals surface area contributed by atoms with Gasteiger partial charge in [0.2, 0.25) is 0 Å². The molecule has 0 radical (unpaired) electrons. The van der Waals surface area contributed by atoms with Crippen LogP contribution in [0.25, 0.3) is 11.4 Å². The first-order valence-electron chi connectivity index (χ1n) is 9.13. The predicted molar refractivity (Wildman–Crippen MR) is 100 cm³/mol. The summed E-state index contributed by atoms with van der Waals surface area (Å²) in [5.41, 5.74) is 2.48. The maximum absolute atomic E-state index is 4.71. The van der Waals surface area contributed by atoms with Crippen molar-refractivity contribution in [1.29, 1.82) is 0 Å². The van der Waals surface area contributed by atoms with Crippen molar-refractivity contribution in [3.8, 4) is 11.4 Å². The highest BCUT2D eigenvalue weighted by Crippen LogP contribution is 2.23. The van der Waals surface area contributed by atoms with Crippen molar-refractivity contribution in [2.24, 2.45) is 0 Å². The number of hydrogen-bond donors (Lipinski definition) is 1. The Balaban J connectivity index is 1.46. The smallest absolute Gasteiger partial charge is 0.181 e. The minimum absolute atomic E-state index is 0.585. The van der Waals surface area contributed by atoms with Gasteiger partial charge in [0.15, 0.2) is 5.82 Å². The Kier molecular flexibility index (Phi) is 4.89. The molecule has 0 aliphatic carbocycles. The SMILES string of the molecule is c1ccc(CC2CCCCN2Cc2nc(-c3ccccc3)n[nH]2)cc1. The molecule has 1 fully saturated rings. The summed E-state index contributed by atoms with van der Waals surface area (Å²) in [7, 11) is 0. The minimum Gasteiger partial charge on any atom is -0.293 e. The van der Waals surface area contributed by atoms with Crippen LogP contribution in [0.4, 0.5) is 0 Å². The van der Waals surface area contributed by atoms with Gasteiger partial charge in [0, 0.05) is 11.6 Å². The summed E-state index contributed by atoms with van der Waals surface area (Å²) in [6.07, 6.45) is 4.96. The quantitative estimate of drug-likeness (QED) is 0.766. The van der Waals surface area contributed by atoms with Crippen LogP contribution >= 0.6 is 0 Å². The summed E-state index contributed by atoms with van der Waals surface area (Å²) < 4.78 is 0. The van der Waals surface area contributed by atoms with E-state index in [9.17, 15) is 0 Å². The number of benzene rings is 2. The first kappa shape index (κ1) is 16.0. The second-order valence-electron chi connectivity index (χ2n) is 6.78. The highest BCUT2D eigenvalue weighted by Gasteiger charge is 2.23. The molecule has 4 rings (SSSR count). The standard InChI is InChI=1S/C21H24N4/c1-3-9-17(10-4-1)15-19-13-7-8-14-25(19)16-20-22-21(24-23-20)18-11-5-2-6-12-18/h1-6,9-12,19H,7-8,13-16H2,(H,22,23,24). The molecular weight excluding hydrogens is 308 g/mol.